The molecular weight excluding hydrogens is 348 g/mol. The molecule has 0 radical (unpaired) electrons. The molecule has 0 aromatic carbocycles. The van der Waals surface area contributed by atoms with Crippen molar-refractivity contribution in [2.24, 2.45) is 11.3 Å². The fourth-order valence-corrected chi connectivity index (χ4v) is 3.77. The molecule has 2 rings (SSSR count). The van der Waals surface area contributed by atoms with Crippen molar-refractivity contribution in [1.29, 1.82) is 0 Å². The van der Waals surface area contributed by atoms with Crippen LogP contribution in [0.3, 0.4) is 0 Å². The third-order valence-corrected chi connectivity index (χ3v) is 5.21. The van der Waals surface area contributed by atoms with Crippen molar-refractivity contribution in [2.45, 2.75) is 82.8 Å². The Labute approximate surface area is 153 Å². The van der Waals surface area contributed by atoms with Crippen molar-refractivity contribution in [1.82, 2.24) is 0 Å². The van der Waals surface area contributed by atoms with Crippen LogP contribution in [0.25, 0.3) is 0 Å². The van der Waals surface area contributed by atoms with E-state index in [0.29, 0.717) is 0 Å². The summed E-state index contributed by atoms with van der Waals surface area (Å²) in [6, 6.07) is 0. The summed E-state index contributed by atoms with van der Waals surface area (Å²) >= 11 is 0. The minimum absolute atomic E-state index is 0.302. The van der Waals surface area contributed by atoms with Gasteiger partial charge in [0.2, 0.25) is 0 Å². The van der Waals surface area contributed by atoms with E-state index in [-0.39, 0.29) is 17.4 Å². The van der Waals surface area contributed by atoms with Gasteiger partial charge in [-0.25, -0.2) is 0 Å². The lowest BCUT2D eigenvalue weighted by molar-refractivity contribution is -0.339. The average Bonchev–Trinajstić information content (AvgIpc) is 2.57. The normalized spacial score (nSPS) is 47.8. The second kappa shape index (κ2) is 8.34. The summed E-state index contributed by atoms with van der Waals surface area (Å²) in [5.41, 5.74) is -0.302. The van der Waals surface area contributed by atoms with Crippen LogP contribution >= 0.6 is 0 Å². The Morgan fingerprint density at radius 1 is 0.808 bits per heavy atom. The van der Waals surface area contributed by atoms with E-state index in [2.05, 4.69) is 0 Å². The van der Waals surface area contributed by atoms with E-state index in [1.807, 2.05) is 27.7 Å². The fraction of sp³-hybridized carbons (Fsp3) is 1.00. The molecule has 2 aliphatic heterocycles. The Kier molecular flexibility index (Phi) is 7.03. The van der Waals surface area contributed by atoms with E-state index in [0.717, 1.165) is 0 Å². The zero-order chi connectivity index (χ0) is 19.8. The first-order chi connectivity index (χ1) is 12.0. The third kappa shape index (κ3) is 4.21. The Bertz CT molecular complexity index is 452. The lowest BCUT2D eigenvalue weighted by Gasteiger charge is -2.50. The van der Waals surface area contributed by atoms with Crippen LogP contribution in [0.4, 0.5) is 0 Å². The first-order valence-corrected chi connectivity index (χ1v) is 8.93. The van der Waals surface area contributed by atoms with Gasteiger partial charge >= 0.3 is 0 Å². The number of aliphatic hydroxyl groups excluding tert-OH is 6. The largest absolute Gasteiger partial charge is 0.394 e. The molecule has 0 aromatic rings. The molecule has 0 saturated carbocycles. The predicted molar refractivity (Wildman–Crippen MR) is 89.0 cm³/mol. The molecule has 154 valence electrons. The lowest BCUT2D eigenvalue weighted by Crippen LogP contribution is -2.63. The maximum Gasteiger partial charge on any atom is 0.187 e. The topological polar surface area (TPSA) is 149 Å². The van der Waals surface area contributed by atoms with Crippen molar-refractivity contribution >= 4 is 0 Å². The molecule has 6 N–H and O–H groups in total. The Balaban J connectivity index is 2.21. The van der Waals surface area contributed by atoms with Gasteiger partial charge in [0.05, 0.1) is 25.4 Å². The molecule has 0 amide bonds. The van der Waals surface area contributed by atoms with Gasteiger partial charge in [-0.05, 0) is 5.41 Å². The predicted octanol–water partition coefficient (Wildman–Crippen LogP) is -2.03. The SMILES string of the molecule is CC1[C@@H](O[C@@H]2OC(CO)[C@H](O)[C@H](O)C2O)[C@@H](O)C(CO)O[C@H]1C(C)(C)C. The van der Waals surface area contributed by atoms with Crippen LogP contribution in [0, 0.1) is 11.3 Å². The van der Waals surface area contributed by atoms with Crippen molar-refractivity contribution in [3.8, 4) is 0 Å². The van der Waals surface area contributed by atoms with Crippen molar-refractivity contribution < 1.29 is 44.8 Å². The van der Waals surface area contributed by atoms with Gasteiger partial charge in [0.1, 0.15) is 36.6 Å². The van der Waals surface area contributed by atoms with Gasteiger partial charge in [-0.15, -0.1) is 0 Å². The van der Waals surface area contributed by atoms with Crippen LogP contribution < -0.4 is 0 Å². The van der Waals surface area contributed by atoms with Crippen molar-refractivity contribution in [3.05, 3.63) is 0 Å². The lowest BCUT2D eigenvalue weighted by atomic mass is 9.75. The standard InChI is InChI=1S/C17H32O9/c1-7-14(11(21)9(6-19)24-15(7)17(2,3)4)26-16-13(23)12(22)10(20)8(5-18)25-16/h7-16,18-23H,5-6H2,1-4H3/t7?,8?,9?,10-,11-,12-,13?,14+,15+,16-/m0/s1. The quantitative estimate of drug-likeness (QED) is 0.325. The number of aliphatic hydroxyl groups is 6. The van der Waals surface area contributed by atoms with E-state index in [4.69, 9.17) is 14.2 Å². The molecule has 9 heteroatoms. The molecule has 9 nitrogen and oxygen atoms in total. The molecule has 10 atom stereocenters. The van der Waals surface area contributed by atoms with E-state index < -0.39 is 62.2 Å². The Hall–Kier alpha value is -0.360. The Morgan fingerprint density at radius 3 is 1.85 bits per heavy atom. The molecule has 0 aromatic heterocycles. The monoisotopic (exact) mass is 380 g/mol. The highest BCUT2D eigenvalue weighted by Crippen LogP contribution is 2.39. The number of rotatable bonds is 4. The Morgan fingerprint density at radius 2 is 1.35 bits per heavy atom. The highest BCUT2D eigenvalue weighted by Gasteiger charge is 2.51. The molecule has 2 heterocycles. The van der Waals surface area contributed by atoms with Gasteiger partial charge in [-0.1, -0.05) is 27.7 Å². The molecule has 2 saturated heterocycles. The molecule has 4 unspecified atom stereocenters. The first-order valence-electron chi connectivity index (χ1n) is 8.93. The van der Waals surface area contributed by atoms with Crippen LogP contribution in [0.5, 0.6) is 0 Å². The van der Waals surface area contributed by atoms with Gasteiger partial charge in [-0.3, -0.25) is 0 Å². The third-order valence-electron chi connectivity index (χ3n) is 5.21. The average molecular weight is 380 g/mol. The van der Waals surface area contributed by atoms with E-state index in [1.54, 1.807) is 0 Å². The summed E-state index contributed by atoms with van der Waals surface area (Å²) in [6.07, 6.45) is -10.3. The summed E-state index contributed by atoms with van der Waals surface area (Å²) in [5.74, 6) is -0.319. The zero-order valence-corrected chi connectivity index (χ0v) is 15.6. The fourth-order valence-electron chi connectivity index (χ4n) is 3.77. The number of hydrogen-bond donors (Lipinski definition) is 6. The minimum Gasteiger partial charge on any atom is -0.394 e. The number of ether oxygens (including phenoxy) is 3. The van der Waals surface area contributed by atoms with Crippen LogP contribution in [-0.4, -0.2) is 99.0 Å². The highest BCUT2D eigenvalue weighted by molar-refractivity contribution is 4.97. The molecule has 2 fully saturated rings. The van der Waals surface area contributed by atoms with Crippen LogP contribution in [-0.2, 0) is 14.2 Å². The molecule has 2 aliphatic rings. The van der Waals surface area contributed by atoms with Crippen LogP contribution in [0.1, 0.15) is 27.7 Å². The first kappa shape index (κ1) is 21.9. The van der Waals surface area contributed by atoms with Crippen molar-refractivity contribution in [2.75, 3.05) is 13.2 Å². The molecular formula is C17H32O9. The second-order valence-electron chi connectivity index (χ2n) is 8.29. The molecule has 26 heavy (non-hydrogen) atoms. The van der Waals surface area contributed by atoms with E-state index in [1.165, 1.54) is 0 Å². The summed E-state index contributed by atoms with van der Waals surface area (Å²) < 4.78 is 17.0. The summed E-state index contributed by atoms with van der Waals surface area (Å²) in [5, 5.41) is 59.3. The molecule has 0 spiro atoms. The van der Waals surface area contributed by atoms with E-state index >= 15 is 0 Å². The van der Waals surface area contributed by atoms with Gasteiger partial charge in [0, 0.05) is 5.92 Å². The van der Waals surface area contributed by atoms with Gasteiger partial charge in [0.15, 0.2) is 6.29 Å². The maximum atomic E-state index is 10.5. The number of hydrogen-bond acceptors (Lipinski definition) is 9. The van der Waals surface area contributed by atoms with Crippen molar-refractivity contribution in [3.63, 3.8) is 0 Å². The van der Waals surface area contributed by atoms with Gasteiger partial charge in [0.25, 0.3) is 0 Å². The second-order valence-corrected chi connectivity index (χ2v) is 8.29. The van der Waals surface area contributed by atoms with Gasteiger partial charge < -0.3 is 44.8 Å². The molecule has 0 bridgehead atoms. The van der Waals surface area contributed by atoms with E-state index in [9.17, 15) is 30.6 Å². The van der Waals surface area contributed by atoms with Gasteiger partial charge in [-0.2, -0.15) is 0 Å². The minimum atomic E-state index is -1.56. The highest BCUT2D eigenvalue weighted by atomic mass is 16.7. The zero-order valence-electron chi connectivity index (χ0n) is 15.6. The summed E-state index contributed by atoms with van der Waals surface area (Å²) in [7, 11) is 0. The summed E-state index contributed by atoms with van der Waals surface area (Å²) in [4.78, 5) is 0. The maximum absolute atomic E-state index is 10.5. The van der Waals surface area contributed by atoms with Crippen LogP contribution in [0.15, 0.2) is 0 Å². The smallest absolute Gasteiger partial charge is 0.187 e. The van der Waals surface area contributed by atoms with Crippen LogP contribution in [0.2, 0.25) is 0 Å². The summed E-state index contributed by atoms with van der Waals surface area (Å²) in [6.45, 7) is 6.73. The molecule has 0 aliphatic carbocycles.